The lowest BCUT2D eigenvalue weighted by molar-refractivity contribution is 0.0504. The molecular formula is C22H18BrF3N2O2S. The number of alkyl halides is 3. The van der Waals surface area contributed by atoms with E-state index in [1.165, 1.54) is 25.5 Å². The van der Waals surface area contributed by atoms with Crippen LogP contribution in [0.4, 0.5) is 18.9 Å². The van der Waals surface area contributed by atoms with Gasteiger partial charge in [-0.1, -0.05) is 24.0 Å². The average molecular weight is 511 g/mol. The standard InChI is InChI=1S/C22H18BrF3N2O2S/c1-27-22(29)12-8-9-15(16(11-12)30-2)28-10-4-7-17-18(19(24)21(25)26)13-5-3-6-14(23)20(13)31-17/h3,5-6,8-9,11,19,21,28H,10H2,1-2H3,(H,27,29). The first-order valence-electron chi connectivity index (χ1n) is 9.13. The van der Waals surface area contributed by atoms with Crippen molar-refractivity contribution in [1.82, 2.24) is 5.32 Å². The molecule has 9 heteroatoms. The van der Waals surface area contributed by atoms with E-state index >= 15 is 0 Å². The number of thiophene rings is 1. The molecule has 1 heterocycles. The molecular weight excluding hydrogens is 493 g/mol. The molecule has 0 fully saturated rings. The van der Waals surface area contributed by atoms with Gasteiger partial charge in [0, 0.05) is 28.0 Å². The topological polar surface area (TPSA) is 50.4 Å². The Balaban J connectivity index is 1.86. The van der Waals surface area contributed by atoms with Crippen LogP contribution in [-0.4, -0.2) is 33.0 Å². The van der Waals surface area contributed by atoms with Crippen LogP contribution in [0.5, 0.6) is 5.75 Å². The molecule has 0 aliphatic heterocycles. The lowest BCUT2D eigenvalue weighted by Gasteiger charge is -2.10. The molecule has 0 aliphatic rings. The molecule has 1 atom stereocenters. The first-order valence-corrected chi connectivity index (χ1v) is 10.7. The maximum absolute atomic E-state index is 14.3. The second kappa shape index (κ2) is 10.1. The Hall–Kier alpha value is -2.70. The number of methoxy groups -OCH3 is 1. The molecule has 162 valence electrons. The first-order chi connectivity index (χ1) is 14.9. The summed E-state index contributed by atoms with van der Waals surface area (Å²) in [5.41, 5.74) is 0.966. The van der Waals surface area contributed by atoms with Crippen molar-refractivity contribution in [1.29, 1.82) is 0 Å². The number of amides is 1. The van der Waals surface area contributed by atoms with Crippen molar-refractivity contribution < 1.29 is 22.7 Å². The van der Waals surface area contributed by atoms with Crippen molar-refractivity contribution in [3.05, 3.63) is 56.9 Å². The number of anilines is 1. The Morgan fingerprint density at radius 2 is 2.03 bits per heavy atom. The van der Waals surface area contributed by atoms with E-state index < -0.39 is 12.6 Å². The molecule has 0 radical (unpaired) electrons. The number of hydrogen-bond donors (Lipinski definition) is 2. The van der Waals surface area contributed by atoms with Crippen LogP contribution in [0.1, 0.15) is 27.0 Å². The van der Waals surface area contributed by atoms with Gasteiger partial charge >= 0.3 is 0 Å². The zero-order valence-electron chi connectivity index (χ0n) is 16.6. The molecule has 0 bridgehead atoms. The zero-order valence-corrected chi connectivity index (χ0v) is 19.0. The van der Waals surface area contributed by atoms with Crippen molar-refractivity contribution in [3.63, 3.8) is 0 Å². The van der Waals surface area contributed by atoms with Crippen molar-refractivity contribution >= 4 is 48.9 Å². The SMILES string of the molecule is CNC(=O)c1ccc(NCC#Cc2sc3c(Br)cccc3c2C(F)C(F)F)c(OC)c1. The third-order valence-electron chi connectivity index (χ3n) is 4.46. The highest BCUT2D eigenvalue weighted by Crippen LogP contribution is 2.41. The fourth-order valence-corrected chi connectivity index (χ4v) is 4.71. The van der Waals surface area contributed by atoms with Crippen LogP contribution >= 0.6 is 27.3 Å². The van der Waals surface area contributed by atoms with Gasteiger partial charge in [-0.15, -0.1) is 11.3 Å². The number of ether oxygens (including phenoxy) is 1. The van der Waals surface area contributed by atoms with Gasteiger partial charge in [-0.25, -0.2) is 13.2 Å². The van der Waals surface area contributed by atoms with E-state index in [-0.39, 0.29) is 22.9 Å². The van der Waals surface area contributed by atoms with Crippen molar-refractivity contribution in [3.8, 4) is 17.6 Å². The fraction of sp³-hybridized carbons (Fsp3) is 0.227. The summed E-state index contributed by atoms with van der Waals surface area (Å²) in [5.74, 6) is 5.88. The molecule has 1 unspecified atom stereocenters. The van der Waals surface area contributed by atoms with E-state index in [1.807, 2.05) is 0 Å². The number of halogens is 4. The minimum Gasteiger partial charge on any atom is -0.495 e. The highest BCUT2D eigenvalue weighted by Gasteiger charge is 2.28. The van der Waals surface area contributed by atoms with Gasteiger partial charge in [-0.05, 0) is 40.2 Å². The average Bonchev–Trinajstić information content (AvgIpc) is 3.15. The molecule has 2 N–H and O–H groups in total. The Bertz CT molecular complexity index is 1170. The predicted octanol–water partition coefficient (Wildman–Crippen LogP) is 5.77. The van der Waals surface area contributed by atoms with Crippen LogP contribution in [0.2, 0.25) is 0 Å². The van der Waals surface area contributed by atoms with Gasteiger partial charge in [-0.3, -0.25) is 4.79 Å². The molecule has 1 aromatic heterocycles. The Labute approximate surface area is 189 Å². The minimum absolute atomic E-state index is 0.0867. The molecule has 2 aromatic carbocycles. The van der Waals surface area contributed by atoms with Gasteiger partial charge in [0.2, 0.25) is 0 Å². The first kappa shape index (κ1) is 23.0. The van der Waals surface area contributed by atoms with E-state index in [1.54, 1.807) is 36.4 Å². The maximum Gasteiger partial charge on any atom is 0.273 e. The summed E-state index contributed by atoms with van der Waals surface area (Å²) in [6.07, 6.45) is -5.56. The maximum atomic E-state index is 14.3. The van der Waals surface area contributed by atoms with E-state index in [0.717, 1.165) is 0 Å². The predicted molar refractivity (Wildman–Crippen MR) is 121 cm³/mol. The van der Waals surface area contributed by atoms with Crippen LogP contribution in [0.3, 0.4) is 0 Å². The van der Waals surface area contributed by atoms with Gasteiger partial charge in [-0.2, -0.15) is 0 Å². The number of fused-ring (bicyclic) bond motifs is 1. The van der Waals surface area contributed by atoms with E-state index in [2.05, 4.69) is 38.4 Å². The second-order valence-electron chi connectivity index (χ2n) is 6.35. The summed E-state index contributed by atoms with van der Waals surface area (Å²) in [6, 6.07) is 9.96. The van der Waals surface area contributed by atoms with Crippen molar-refractivity contribution in [2.24, 2.45) is 0 Å². The Morgan fingerprint density at radius 3 is 2.71 bits per heavy atom. The molecule has 31 heavy (non-hydrogen) atoms. The minimum atomic E-state index is -3.14. The Morgan fingerprint density at radius 1 is 1.26 bits per heavy atom. The lowest BCUT2D eigenvalue weighted by atomic mass is 10.1. The molecule has 3 aromatic rings. The smallest absolute Gasteiger partial charge is 0.273 e. The highest BCUT2D eigenvalue weighted by molar-refractivity contribution is 9.10. The van der Waals surface area contributed by atoms with Crippen LogP contribution < -0.4 is 15.4 Å². The summed E-state index contributed by atoms with van der Waals surface area (Å²) >= 11 is 4.54. The van der Waals surface area contributed by atoms with Crippen LogP contribution in [0.15, 0.2) is 40.9 Å². The van der Waals surface area contributed by atoms with Gasteiger partial charge in [0.1, 0.15) is 5.75 Å². The molecule has 0 aliphatic carbocycles. The highest BCUT2D eigenvalue weighted by atomic mass is 79.9. The summed E-state index contributed by atoms with van der Waals surface area (Å²) in [4.78, 5) is 12.0. The van der Waals surface area contributed by atoms with Crippen molar-refractivity contribution in [2.75, 3.05) is 26.0 Å². The molecule has 1 amide bonds. The molecule has 0 saturated carbocycles. The van der Waals surface area contributed by atoms with E-state index in [9.17, 15) is 18.0 Å². The lowest BCUT2D eigenvalue weighted by Crippen LogP contribution is -2.17. The van der Waals surface area contributed by atoms with Gasteiger partial charge < -0.3 is 15.4 Å². The zero-order chi connectivity index (χ0) is 22.5. The normalized spacial score (nSPS) is 11.7. The number of carbonyl (C=O) groups is 1. The monoisotopic (exact) mass is 510 g/mol. The van der Waals surface area contributed by atoms with Gasteiger partial charge in [0.15, 0.2) is 6.17 Å². The van der Waals surface area contributed by atoms with E-state index in [4.69, 9.17) is 4.74 Å². The Kier molecular flexibility index (Phi) is 7.46. The second-order valence-corrected chi connectivity index (χ2v) is 8.22. The molecule has 0 spiro atoms. The number of rotatable bonds is 6. The summed E-state index contributed by atoms with van der Waals surface area (Å²) < 4.78 is 47.2. The summed E-state index contributed by atoms with van der Waals surface area (Å²) in [7, 11) is 3.01. The third kappa shape index (κ3) is 4.97. The molecule has 0 saturated heterocycles. The third-order valence-corrected chi connectivity index (χ3v) is 6.56. The van der Waals surface area contributed by atoms with Gasteiger partial charge in [0.25, 0.3) is 12.3 Å². The van der Waals surface area contributed by atoms with Gasteiger partial charge in [0.05, 0.1) is 28.9 Å². The summed E-state index contributed by atoms with van der Waals surface area (Å²) in [6.45, 7) is 0.163. The molecule has 3 rings (SSSR count). The van der Waals surface area contributed by atoms with Crippen molar-refractivity contribution in [2.45, 2.75) is 12.6 Å². The van der Waals surface area contributed by atoms with Crippen LogP contribution in [-0.2, 0) is 0 Å². The number of carbonyl (C=O) groups excluding carboxylic acids is 1. The number of hydrogen-bond acceptors (Lipinski definition) is 4. The number of nitrogens with one attached hydrogen (secondary N) is 2. The summed E-state index contributed by atoms with van der Waals surface area (Å²) in [5, 5.41) is 6.02. The molecule has 4 nitrogen and oxygen atoms in total. The fourth-order valence-electron chi connectivity index (χ4n) is 2.98. The largest absolute Gasteiger partial charge is 0.495 e. The quantitative estimate of drug-likeness (QED) is 0.413. The van der Waals surface area contributed by atoms with E-state index in [0.29, 0.717) is 31.6 Å². The number of benzene rings is 2. The van der Waals surface area contributed by atoms with Crippen LogP contribution in [0.25, 0.3) is 10.1 Å². The van der Waals surface area contributed by atoms with Crippen LogP contribution in [0, 0.1) is 11.8 Å².